The minimum absolute atomic E-state index is 0.0705. The molecule has 2 N–H and O–H groups in total. The number of carbonyl (C=O) groups excluding carboxylic acids is 1. The Bertz CT molecular complexity index is 960. The number of amides is 1. The number of aromatic nitrogens is 2. The van der Waals surface area contributed by atoms with Crippen LogP contribution in [0.5, 0.6) is 0 Å². The van der Waals surface area contributed by atoms with E-state index in [-0.39, 0.29) is 29.0 Å². The monoisotopic (exact) mass is 369 g/mol. The molecule has 2 aliphatic carbocycles. The standard InChI is InChI=1S/C20H23N3O4/c1-11-17(19(25)23(22(11)2)14-6-4-3-5-7-14)21-18(24)15-12-8-9-13(10-12)16(15)20(26)27/h3-7,12-13,15-16H,8-10H2,1-2H3,(H,21,24)(H,26,27)/t12-,13+,15+,16+/m1/s1. The van der Waals surface area contributed by atoms with Crippen LogP contribution in [0.15, 0.2) is 35.1 Å². The van der Waals surface area contributed by atoms with Crippen LogP contribution < -0.4 is 10.9 Å². The Kier molecular flexibility index (Phi) is 4.17. The van der Waals surface area contributed by atoms with Gasteiger partial charge in [-0.2, -0.15) is 0 Å². The molecule has 1 aromatic carbocycles. The van der Waals surface area contributed by atoms with Crippen molar-refractivity contribution in [3.63, 3.8) is 0 Å². The number of hydrogen-bond acceptors (Lipinski definition) is 3. The molecule has 0 spiro atoms. The number of carbonyl (C=O) groups is 2. The van der Waals surface area contributed by atoms with E-state index in [9.17, 15) is 19.5 Å². The number of nitrogens with one attached hydrogen (secondary N) is 1. The van der Waals surface area contributed by atoms with Crippen molar-refractivity contribution in [2.45, 2.75) is 26.2 Å². The van der Waals surface area contributed by atoms with Crippen LogP contribution >= 0.6 is 0 Å². The maximum Gasteiger partial charge on any atom is 0.307 e. The molecule has 27 heavy (non-hydrogen) atoms. The number of hydrogen-bond donors (Lipinski definition) is 2. The summed E-state index contributed by atoms with van der Waals surface area (Å²) in [6.07, 6.45) is 2.54. The zero-order chi connectivity index (χ0) is 19.3. The second kappa shape index (κ2) is 6.40. The SMILES string of the molecule is Cc1c(NC(=O)[C@H]2[C@@H]3CC[C@@H](C3)[C@@H]2C(=O)O)c(=O)n(-c2ccccc2)n1C. The Morgan fingerprint density at radius 1 is 1.11 bits per heavy atom. The molecule has 4 rings (SSSR count). The third-order valence-electron chi connectivity index (χ3n) is 6.31. The van der Waals surface area contributed by atoms with Crippen LogP contribution in [0, 0.1) is 30.6 Å². The zero-order valence-electron chi connectivity index (χ0n) is 15.4. The number of carboxylic acid groups (broad SMARTS) is 1. The summed E-state index contributed by atoms with van der Waals surface area (Å²) in [5.41, 5.74) is 1.24. The van der Waals surface area contributed by atoms with Crippen molar-refractivity contribution in [1.82, 2.24) is 9.36 Å². The minimum atomic E-state index is -0.908. The summed E-state index contributed by atoms with van der Waals surface area (Å²) in [5.74, 6) is -2.30. The van der Waals surface area contributed by atoms with E-state index >= 15 is 0 Å². The Balaban J connectivity index is 1.67. The molecule has 0 unspecified atom stereocenters. The summed E-state index contributed by atoms with van der Waals surface area (Å²) in [6, 6.07) is 9.20. The van der Waals surface area contributed by atoms with Gasteiger partial charge in [0, 0.05) is 7.05 Å². The molecule has 142 valence electrons. The van der Waals surface area contributed by atoms with Crippen molar-refractivity contribution in [3.8, 4) is 5.69 Å². The average molecular weight is 369 g/mol. The third-order valence-corrected chi connectivity index (χ3v) is 6.31. The first-order chi connectivity index (χ1) is 12.9. The third kappa shape index (κ3) is 2.69. The number of anilines is 1. The normalized spacial score (nSPS) is 26.3. The lowest BCUT2D eigenvalue weighted by molar-refractivity contribution is -0.148. The van der Waals surface area contributed by atoms with Crippen LogP contribution in [-0.2, 0) is 16.6 Å². The smallest absolute Gasteiger partial charge is 0.307 e. The lowest BCUT2D eigenvalue weighted by Crippen LogP contribution is -2.38. The maximum atomic E-state index is 12.9. The number of rotatable bonds is 4. The fourth-order valence-electron chi connectivity index (χ4n) is 4.94. The van der Waals surface area contributed by atoms with Gasteiger partial charge in [-0.25, -0.2) is 4.68 Å². The van der Waals surface area contributed by atoms with Crippen LogP contribution in [0.2, 0.25) is 0 Å². The van der Waals surface area contributed by atoms with Crippen molar-refractivity contribution < 1.29 is 14.7 Å². The lowest BCUT2D eigenvalue weighted by Gasteiger charge is -2.26. The second-order valence-electron chi connectivity index (χ2n) is 7.65. The molecule has 2 bridgehead atoms. The van der Waals surface area contributed by atoms with E-state index in [1.165, 1.54) is 4.68 Å². The Morgan fingerprint density at radius 2 is 1.74 bits per heavy atom. The molecular weight excluding hydrogens is 346 g/mol. The van der Waals surface area contributed by atoms with Crippen LogP contribution in [0.4, 0.5) is 5.69 Å². The van der Waals surface area contributed by atoms with Crippen LogP contribution in [0.1, 0.15) is 25.0 Å². The fourth-order valence-corrected chi connectivity index (χ4v) is 4.94. The predicted octanol–water partition coefficient (Wildman–Crippen LogP) is 2.17. The molecule has 1 aromatic heterocycles. The van der Waals surface area contributed by atoms with Crippen molar-refractivity contribution in [1.29, 1.82) is 0 Å². The summed E-state index contributed by atoms with van der Waals surface area (Å²) in [5, 5.41) is 12.3. The minimum Gasteiger partial charge on any atom is -0.481 e. The number of benzene rings is 1. The van der Waals surface area contributed by atoms with E-state index < -0.39 is 17.8 Å². The molecule has 1 heterocycles. The predicted molar refractivity (Wildman–Crippen MR) is 99.8 cm³/mol. The van der Waals surface area contributed by atoms with Gasteiger partial charge in [0.25, 0.3) is 5.56 Å². The molecule has 1 amide bonds. The summed E-state index contributed by atoms with van der Waals surface area (Å²) in [6.45, 7) is 1.77. The van der Waals surface area contributed by atoms with Crippen molar-refractivity contribution in [2.75, 3.05) is 5.32 Å². The molecule has 2 aromatic rings. The largest absolute Gasteiger partial charge is 0.481 e. The first-order valence-electron chi connectivity index (χ1n) is 9.28. The number of aliphatic carboxylic acids is 1. The number of fused-ring (bicyclic) bond motifs is 2. The van der Waals surface area contributed by atoms with E-state index in [4.69, 9.17) is 0 Å². The van der Waals surface area contributed by atoms with Gasteiger partial charge in [-0.1, -0.05) is 18.2 Å². The molecule has 7 heteroatoms. The van der Waals surface area contributed by atoms with Gasteiger partial charge in [0.05, 0.1) is 23.2 Å². The Morgan fingerprint density at radius 3 is 2.37 bits per heavy atom. The molecule has 0 radical (unpaired) electrons. The first kappa shape index (κ1) is 17.6. The van der Waals surface area contributed by atoms with Gasteiger partial charge in [0.15, 0.2) is 0 Å². The molecule has 2 aliphatic rings. The Labute approximate surface area is 156 Å². The molecule has 0 aliphatic heterocycles. The maximum absolute atomic E-state index is 12.9. The van der Waals surface area contributed by atoms with Crippen LogP contribution in [0.3, 0.4) is 0 Å². The van der Waals surface area contributed by atoms with E-state index in [2.05, 4.69) is 5.32 Å². The van der Waals surface area contributed by atoms with E-state index in [0.29, 0.717) is 11.4 Å². The highest BCUT2D eigenvalue weighted by atomic mass is 16.4. The zero-order valence-corrected chi connectivity index (χ0v) is 15.4. The van der Waals surface area contributed by atoms with Gasteiger partial charge in [-0.3, -0.25) is 19.1 Å². The lowest BCUT2D eigenvalue weighted by atomic mass is 9.78. The molecule has 0 saturated heterocycles. The number of nitrogens with zero attached hydrogens (tertiary/aromatic N) is 2. The van der Waals surface area contributed by atoms with Crippen LogP contribution in [-0.4, -0.2) is 26.3 Å². The number of para-hydroxylation sites is 1. The van der Waals surface area contributed by atoms with Gasteiger partial charge in [0.2, 0.25) is 5.91 Å². The van der Waals surface area contributed by atoms with E-state index in [0.717, 1.165) is 19.3 Å². The Hall–Kier alpha value is -2.83. The van der Waals surface area contributed by atoms with Gasteiger partial charge >= 0.3 is 5.97 Å². The number of carboxylic acids is 1. The first-order valence-corrected chi connectivity index (χ1v) is 9.28. The van der Waals surface area contributed by atoms with Crippen molar-refractivity contribution in [2.24, 2.45) is 30.7 Å². The molecule has 7 nitrogen and oxygen atoms in total. The summed E-state index contributed by atoms with van der Waals surface area (Å²) >= 11 is 0. The van der Waals surface area contributed by atoms with Crippen molar-refractivity contribution in [3.05, 3.63) is 46.4 Å². The highest BCUT2D eigenvalue weighted by molar-refractivity contribution is 5.96. The fraction of sp³-hybridized carbons (Fsp3) is 0.450. The van der Waals surface area contributed by atoms with E-state index in [1.54, 1.807) is 18.7 Å². The quantitative estimate of drug-likeness (QED) is 0.864. The topological polar surface area (TPSA) is 93.3 Å². The van der Waals surface area contributed by atoms with Gasteiger partial charge in [-0.15, -0.1) is 0 Å². The van der Waals surface area contributed by atoms with Gasteiger partial charge < -0.3 is 10.4 Å². The molecular formula is C20H23N3O4. The average Bonchev–Trinajstić information content (AvgIpc) is 3.32. The highest BCUT2D eigenvalue weighted by Gasteiger charge is 2.54. The second-order valence-corrected chi connectivity index (χ2v) is 7.65. The highest BCUT2D eigenvalue weighted by Crippen LogP contribution is 2.52. The summed E-state index contributed by atoms with van der Waals surface area (Å²) < 4.78 is 3.20. The van der Waals surface area contributed by atoms with Gasteiger partial charge in [-0.05, 0) is 50.2 Å². The molecule has 2 saturated carbocycles. The summed E-state index contributed by atoms with van der Waals surface area (Å²) in [4.78, 5) is 37.6. The van der Waals surface area contributed by atoms with Crippen molar-refractivity contribution >= 4 is 17.6 Å². The summed E-state index contributed by atoms with van der Waals surface area (Å²) in [7, 11) is 1.76. The molecule has 2 fully saturated rings. The van der Waals surface area contributed by atoms with Crippen LogP contribution in [0.25, 0.3) is 5.69 Å². The van der Waals surface area contributed by atoms with Gasteiger partial charge in [0.1, 0.15) is 5.69 Å². The van der Waals surface area contributed by atoms with E-state index in [1.807, 2.05) is 30.3 Å². The molecule has 4 atom stereocenters.